The first-order valence-electron chi connectivity index (χ1n) is 9.76. The summed E-state index contributed by atoms with van der Waals surface area (Å²) in [6.45, 7) is 3.85. The second kappa shape index (κ2) is 10.1. The molecule has 1 saturated heterocycles. The zero-order chi connectivity index (χ0) is 23.4. The highest BCUT2D eigenvalue weighted by molar-refractivity contribution is 8.18. The van der Waals surface area contributed by atoms with Crippen molar-refractivity contribution in [2.75, 3.05) is 7.11 Å². The molecule has 10 heteroatoms. The van der Waals surface area contributed by atoms with Crippen molar-refractivity contribution < 1.29 is 24.0 Å². The minimum absolute atomic E-state index is 0.0578. The van der Waals surface area contributed by atoms with Crippen molar-refractivity contribution >= 4 is 46.3 Å². The van der Waals surface area contributed by atoms with E-state index in [1.165, 1.54) is 25.3 Å². The van der Waals surface area contributed by atoms with E-state index in [9.17, 15) is 19.7 Å². The number of carbonyl (C=O) groups is 2. The molecule has 168 valence electrons. The van der Waals surface area contributed by atoms with Gasteiger partial charge in [-0.1, -0.05) is 30.7 Å². The van der Waals surface area contributed by atoms with Crippen LogP contribution in [0.3, 0.4) is 0 Å². The maximum atomic E-state index is 12.8. The third-order valence-corrected chi connectivity index (χ3v) is 5.97. The third kappa shape index (κ3) is 5.23. The molecule has 0 aromatic heterocycles. The van der Waals surface area contributed by atoms with Crippen LogP contribution in [0.2, 0.25) is 5.02 Å². The Labute approximate surface area is 194 Å². The summed E-state index contributed by atoms with van der Waals surface area (Å²) in [6, 6.07) is 9.14. The number of thioether (sulfide) groups is 1. The summed E-state index contributed by atoms with van der Waals surface area (Å²) in [5, 5.41) is 10.8. The lowest BCUT2D eigenvalue weighted by atomic mass is 10.1. The van der Waals surface area contributed by atoms with Gasteiger partial charge in [-0.3, -0.25) is 24.6 Å². The number of carbonyl (C=O) groups excluding carboxylic acids is 2. The summed E-state index contributed by atoms with van der Waals surface area (Å²) in [5.41, 5.74) is 0.953. The lowest BCUT2D eigenvalue weighted by Gasteiger charge is -2.17. The number of imide groups is 1. The van der Waals surface area contributed by atoms with Crippen LogP contribution in [0.25, 0.3) is 6.08 Å². The van der Waals surface area contributed by atoms with Crippen molar-refractivity contribution in [1.29, 1.82) is 0 Å². The lowest BCUT2D eigenvalue weighted by Crippen LogP contribution is -2.27. The molecule has 2 aromatic carbocycles. The van der Waals surface area contributed by atoms with Gasteiger partial charge in [-0.25, -0.2) is 0 Å². The topological polar surface area (TPSA) is 99.0 Å². The number of rotatable bonds is 8. The third-order valence-electron chi connectivity index (χ3n) is 4.78. The van der Waals surface area contributed by atoms with Gasteiger partial charge in [0, 0.05) is 12.1 Å². The molecular weight excluding hydrogens is 456 g/mol. The summed E-state index contributed by atoms with van der Waals surface area (Å²) in [4.78, 5) is 37.0. The second-order valence-electron chi connectivity index (χ2n) is 7.07. The lowest BCUT2D eigenvalue weighted by molar-refractivity contribution is -0.384. The molecule has 2 amide bonds. The first-order chi connectivity index (χ1) is 15.2. The molecule has 1 atom stereocenters. The molecule has 0 bridgehead atoms. The highest BCUT2D eigenvalue weighted by Gasteiger charge is 2.35. The van der Waals surface area contributed by atoms with E-state index in [2.05, 4.69) is 0 Å². The highest BCUT2D eigenvalue weighted by Crippen LogP contribution is 2.40. The largest absolute Gasteiger partial charge is 0.493 e. The van der Waals surface area contributed by atoms with Gasteiger partial charge in [-0.05, 0) is 54.4 Å². The maximum Gasteiger partial charge on any atom is 0.293 e. The van der Waals surface area contributed by atoms with Crippen LogP contribution in [0.15, 0.2) is 41.3 Å². The van der Waals surface area contributed by atoms with Gasteiger partial charge in [0.25, 0.3) is 16.8 Å². The van der Waals surface area contributed by atoms with Gasteiger partial charge in [0.1, 0.15) is 0 Å². The fraction of sp³-hybridized carbons (Fsp3) is 0.273. The molecule has 0 aliphatic carbocycles. The van der Waals surface area contributed by atoms with E-state index >= 15 is 0 Å². The Morgan fingerprint density at radius 2 is 2.03 bits per heavy atom. The summed E-state index contributed by atoms with van der Waals surface area (Å²) >= 11 is 7.18. The van der Waals surface area contributed by atoms with E-state index in [0.717, 1.165) is 23.1 Å². The van der Waals surface area contributed by atoms with Crippen molar-refractivity contribution in [3.63, 3.8) is 0 Å². The molecule has 2 aromatic rings. The fourth-order valence-corrected chi connectivity index (χ4v) is 4.06. The molecule has 1 unspecified atom stereocenters. The Morgan fingerprint density at radius 3 is 2.69 bits per heavy atom. The molecule has 1 fully saturated rings. The van der Waals surface area contributed by atoms with E-state index in [4.69, 9.17) is 21.1 Å². The van der Waals surface area contributed by atoms with Crippen molar-refractivity contribution in [1.82, 2.24) is 4.90 Å². The van der Waals surface area contributed by atoms with E-state index in [1.807, 2.05) is 13.8 Å². The molecule has 1 aliphatic rings. The van der Waals surface area contributed by atoms with Crippen molar-refractivity contribution in [2.24, 2.45) is 0 Å². The number of nitrogens with zero attached hydrogens (tertiary/aromatic N) is 2. The Bertz CT molecular complexity index is 1100. The molecule has 1 heterocycles. The van der Waals surface area contributed by atoms with Crippen LogP contribution in [0.1, 0.15) is 31.4 Å². The van der Waals surface area contributed by atoms with Crippen LogP contribution in [-0.2, 0) is 11.3 Å². The number of hydrogen-bond acceptors (Lipinski definition) is 7. The summed E-state index contributed by atoms with van der Waals surface area (Å²) in [5.74, 6) is 0.348. The minimum Gasteiger partial charge on any atom is -0.493 e. The number of methoxy groups -OCH3 is 1. The zero-order valence-electron chi connectivity index (χ0n) is 17.7. The number of amides is 2. The van der Waals surface area contributed by atoms with Crippen LogP contribution in [0.5, 0.6) is 11.5 Å². The van der Waals surface area contributed by atoms with Gasteiger partial charge in [-0.2, -0.15) is 0 Å². The average Bonchev–Trinajstić information content (AvgIpc) is 3.02. The smallest absolute Gasteiger partial charge is 0.293 e. The van der Waals surface area contributed by atoms with Gasteiger partial charge < -0.3 is 9.47 Å². The molecule has 32 heavy (non-hydrogen) atoms. The van der Waals surface area contributed by atoms with Crippen LogP contribution < -0.4 is 9.47 Å². The van der Waals surface area contributed by atoms with E-state index < -0.39 is 16.1 Å². The molecule has 1 aliphatic heterocycles. The summed E-state index contributed by atoms with van der Waals surface area (Å²) in [6.07, 6.45) is 2.29. The highest BCUT2D eigenvalue weighted by atomic mass is 35.5. The van der Waals surface area contributed by atoms with E-state index in [1.54, 1.807) is 24.3 Å². The molecular formula is C22H21ClN2O6S. The van der Waals surface area contributed by atoms with Crippen LogP contribution in [0.4, 0.5) is 10.5 Å². The normalized spacial score (nSPS) is 15.9. The number of non-ortho nitro benzene ring substituents is 1. The molecule has 0 saturated carbocycles. The molecule has 0 N–H and O–H groups in total. The predicted octanol–water partition coefficient (Wildman–Crippen LogP) is 5.67. The second-order valence-corrected chi connectivity index (χ2v) is 8.47. The van der Waals surface area contributed by atoms with Crippen LogP contribution in [0, 0.1) is 10.1 Å². The van der Waals surface area contributed by atoms with Crippen molar-refractivity contribution in [3.8, 4) is 11.5 Å². The Kier molecular flexibility index (Phi) is 7.42. The number of benzene rings is 2. The molecule has 3 rings (SSSR count). The quantitative estimate of drug-likeness (QED) is 0.275. The molecule has 0 radical (unpaired) electrons. The molecule has 0 spiro atoms. The average molecular weight is 477 g/mol. The first kappa shape index (κ1) is 23.6. The van der Waals surface area contributed by atoms with Gasteiger partial charge >= 0.3 is 0 Å². The number of halogens is 1. The standard InChI is InChI=1S/C22H21ClN2O6S/c1-4-13(2)31-20-17(23)9-15(10-18(20)30-3)11-19-21(26)24(22(27)32-19)12-14-6-5-7-16(8-14)25(28)29/h5-11,13H,4,12H2,1-3H3/b19-11+. The monoisotopic (exact) mass is 476 g/mol. The summed E-state index contributed by atoms with van der Waals surface area (Å²) < 4.78 is 11.2. The van der Waals surface area contributed by atoms with Crippen LogP contribution in [-0.4, -0.2) is 34.2 Å². The van der Waals surface area contributed by atoms with Gasteiger partial charge in [-0.15, -0.1) is 0 Å². The molecule has 8 nitrogen and oxygen atoms in total. The Balaban J connectivity index is 1.85. The van der Waals surface area contributed by atoms with Gasteiger partial charge in [0.2, 0.25) is 0 Å². The number of ether oxygens (including phenoxy) is 2. The Morgan fingerprint density at radius 1 is 1.28 bits per heavy atom. The van der Waals surface area contributed by atoms with E-state index in [0.29, 0.717) is 27.6 Å². The predicted molar refractivity (Wildman–Crippen MR) is 123 cm³/mol. The van der Waals surface area contributed by atoms with Crippen molar-refractivity contribution in [3.05, 3.63) is 67.6 Å². The van der Waals surface area contributed by atoms with Crippen molar-refractivity contribution in [2.45, 2.75) is 32.9 Å². The summed E-state index contributed by atoms with van der Waals surface area (Å²) in [7, 11) is 1.49. The number of hydrogen-bond donors (Lipinski definition) is 0. The van der Waals surface area contributed by atoms with Gasteiger partial charge in [0.15, 0.2) is 11.5 Å². The SMILES string of the molecule is CCC(C)Oc1c(Cl)cc(/C=C2/SC(=O)N(Cc3cccc([N+](=O)[O-])c3)C2=O)cc1OC. The van der Waals surface area contributed by atoms with Gasteiger partial charge in [0.05, 0.1) is 34.6 Å². The minimum atomic E-state index is -0.525. The fourth-order valence-electron chi connectivity index (χ4n) is 2.96. The maximum absolute atomic E-state index is 12.8. The Hall–Kier alpha value is -3.04. The number of nitro groups is 1. The number of nitro benzene ring substituents is 1. The van der Waals surface area contributed by atoms with E-state index in [-0.39, 0.29) is 23.2 Å². The first-order valence-corrected chi connectivity index (χ1v) is 11.0. The van der Waals surface area contributed by atoms with Crippen LogP contribution >= 0.6 is 23.4 Å². The zero-order valence-corrected chi connectivity index (χ0v) is 19.2.